The van der Waals surface area contributed by atoms with Crippen molar-refractivity contribution in [3.05, 3.63) is 59.1 Å². The summed E-state index contributed by atoms with van der Waals surface area (Å²) in [5, 5.41) is 12.7. The van der Waals surface area contributed by atoms with E-state index in [0.29, 0.717) is 19.0 Å². The fraction of sp³-hybridized carbons (Fsp3) is 0.167. The zero-order valence-electron chi connectivity index (χ0n) is 13.8. The number of aromatic nitrogens is 4. The van der Waals surface area contributed by atoms with E-state index >= 15 is 0 Å². The highest BCUT2D eigenvalue weighted by Crippen LogP contribution is 2.37. The van der Waals surface area contributed by atoms with Gasteiger partial charge in [0, 0.05) is 10.0 Å². The van der Waals surface area contributed by atoms with E-state index in [1.54, 1.807) is 10.9 Å². The molecule has 8 heteroatoms. The van der Waals surface area contributed by atoms with Crippen LogP contribution in [0.2, 0.25) is 0 Å². The van der Waals surface area contributed by atoms with Crippen LogP contribution in [0.3, 0.4) is 0 Å². The molecular weight excluding hydrogens is 400 g/mol. The van der Waals surface area contributed by atoms with Crippen LogP contribution >= 0.6 is 15.9 Å². The normalized spacial score (nSPS) is 12.2. The van der Waals surface area contributed by atoms with Gasteiger partial charge in [-0.25, -0.2) is 0 Å². The highest BCUT2D eigenvalue weighted by Gasteiger charge is 2.17. The number of fused-ring (bicyclic) bond motifs is 1. The van der Waals surface area contributed by atoms with Crippen molar-refractivity contribution in [1.29, 1.82) is 0 Å². The Morgan fingerprint density at radius 2 is 1.96 bits per heavy atom. The Bertz CT molecular complexity index is 940. The monoisotopic (exact) mass is 414 g/mol. The van der Waals surface area contributed by atoms with Crippen molar-refractivity contribution in [2.75, 3.05) is 13.4 Å². The van der Waals surface area contributed by atoms with E-state index in [9.17, 15) is 0 Å². The van der Waals surface area contributed by atoms with E-state index in [0.717, 1.165) is 32.8 Å². The molecule has 1 aliphatic heterocycles. The summed E-state index contributed by atoms with van der Waals surface area (Å²) in [5.74, 6) is 2.77. The standard InChI is InChI=1S/C18H15BrN4O3/c1-2-7-24-14-5-3-12(4-6-14)18-20-22-23(21-18)10-13-8-16-17(9-15(13)19)26-11-25-16/h2-6,8-9H,1,7,10-11H2. The van der Waals surface area contributed by atoms with Gasteiger partial charge in [0.2, 0.25) is 12.6 Å². The lowest BCUT2D eigenvalue weighted by Crippen LogP contribution is -2.04. The van der Waals surface area contributed by atoms with E-state index < -0.39 is 0 Å². The van der Waals surface area contributed by atoms with Gasteiger partial charge in [-0.2, -0.15) is 4.80 Å². The number of rotatable bonds is 6. The van der Waals surface area contributed by atoms with Crippen LogP contribution < -0.4 is 14.2 Å². The summed E-state index contributed by atoms with van der Waals surface area (Å²) in [5.41, 5.74) is 1.85. The number of halogens is 1. The fourth-order valence-electron chi connectivity index (χ4n) is 2.51. The molecule has 4 rings (SSSR count). The molecule has 1 aliphatic rings. The topological polar surface area (TPSA) is 71.3 Å². The van der Waals surface area contributed by atoms with Gasteiger partial charge < -0.3 is 14.2 Å². The van der Waals surface area contributed by atoms with E-state index in [-0.39, 0.29) is 6.79 Å². The molecule has 0 unspecified atom stereocenters. The SMILES string of the molecule is C=CCOc1ccc(-c2nnn(Cc3cc4c(cc3Br)OCO4)n2)cc1. The molecule has 0 N–H and O–H groups in total. The molecule has 2 heterocycles. The third-order valence-corrected chi connectivity index (χ3v) is 4.52. The van der Waals surface area contributed by atoms with Crippen molar-refractivity contribution >= 4 is 15.9 Å². The van der Waals surface area contributed by atoms with Crippen molar-refractivity contribution in [2.45, 2.75) is 6.54 Å². The zero-order valence-corrected chi connectivity index (χ0v) is 15.3. The van der Waals surface area contributed by atoms with Crippen LogP contribution in [0.1, 0.15) is 5.56 Å². The molecule has 0 spiro atoms. The maximum atomic E-state index is 5.47. The fourth-order valence-corrected chi connectivity index (χ4v) is 2.96. The molecule has 0 amide bonds. The van der Waals surface area contributed by atoms with Gasteiger partial charge in [-0.05, 0) is 47.2 Å². The molecule has 0 aliphatic carbocycles. The zero-order chi connectivity index (χ0) is 17.9. The average molecular weight is 415 g/mol. The first kappa shape index (κ1) is 16.6. The van der Waals surface area contributed by atoms with Gasteiger partial charge in [0.1, 0.15) is 12.4 Å². The number of ether oxygens (including phenoxy) is 3. The summed E-state index contributed by atoms with van der Waals surface area (Å²) >= 11 is 3.54. The predicted molar refractivity (Wildman–Crippen MR) is 98.3 cm³/mol. The van der Waals surface area contributed by atoms with E-state index in [1.807, 2.05) is 36.4 Å². The first-order chi connectivity index (χ1) is 12.7. The summed E-state index contributed by atoms with van der Waals surface area (Å²) in [6, 6.07) is 11.3. The van der Waals surface area contributed by atoms with Crippen LogP contribution in [0.15, 0.2) is 53.5 Å². The van der Waals surface area contributed by atoms with E-state index in [1.165, 1.54) is 0 Å². The molecule has 0 atom stereocenters. The highest BCUT2D eigenvalue weighted by molar-refractivity contribution is 9.10. The number of hydrogen-bond donors (Lipinski definition) is 0. The van der Waals surface area contributed by atoms with Crippen LogP contribution in [0.25, 0.3) is 11.4 Å². The summed E-state index contributed by atoms with van der Waals surface area (Å²) in [6.07, 6.45) is 1.70. The first-order valence-electron chi connectivity index (χ1n) is 7.93. The number of hydrogen-bond acceptors (Lipinski definition) is 6. The van der Waals surface area contributed by atoms with E-state index in [4.69, 9.17) is 14.2 Å². The van der Waals surface area contributed by atoms with Crippen molar-refractivity contribution in [3.8, 4) is 28.6 Å². The summed E-state index contributed by atoms with van der Waals surface area (Å²) < 4.78 is 17.2. The van der Waals surface area contributed by atoms with Gasteiger partial charge in [0.05, 0.1) is 6.54 Å². The quantitative estimate of drug-likeness (QED) is 0.575. The Labute approximate surface area is 158 Å². The third-order valence-electron chi connectivity index (χ3n) is 3.79. The summed E-state index contributed by atoms with van der Waals surface area (Å²) in [4.78, 5) is 1.54. The molecule has 0 radical (unpaired) electrons. The second-order valence-corrected chi connectivity index (χ2v) is 6.42. The van der Waals surface area contributed by atoms with Gasteiger partial charge in [-0.1, -0.05) is 28.6 Å². The Hall–Kier alpha value is -2.87. The predicted octanol–water partition coefficient (Wildman–Crippen LogP) is 3.44. The van der Waals surface area contributed by atoms with Crippen LogP contribution in [-0.2, 0) is 6.54 Å². The Morgan fingerprint density at radius 1 is 1.19 bits per heavy atom. The molecule has 0 saturated carbocycles. The lowest BCUT2D eigenvalue weighted by atomic mass is 10.2. The van der Waals surface area contributed by atoms with Crippen LogP contribution in [-0.4, -0.2) is 33.6 Å². The maximum Gasteiger partial charge on any atom is 0.231 e. The van der Waals surface area contributed by atoms with Crippen molar-refractivity contribution in [3.63, 3.8) is 0 Å². The molecule has 7 nitrogen and oxygen atoms in total. The lowest BCUT2D eigenvalue weighted by Gasteiger charge is -2.05. The molecular formula is C18H15BrN4O3. The van der Waals surface area contributed by atoms with Crippen molar-refractivity contribution in [2.24, 2.45) is 0 Å². The summed E-state index contributed by atoms with van der Waals surface area (Å²) in [6.45, 7) is 4.80. The molecule has 0 fully saturated rings. The highest BCUT2D eigenvalue weighted by atomic mass is 79.9. The minimum absolute atomic E-state index is 0.240. The van der Waals surface area contributed by atoms with Gasteiger partial charge in [0.15, 0.2) is 11.5 Å². The Balaban J connectivity index is 1.51. The lowest BCUT2D eigenvalue weighted by molar-refractivity contribution is 0.174. The molecule has 0 saturated heterocycles. The molecule has 1 aromatic heterocycles. The van der Waals surface area contributed by atoms with Crippen molar-refractivity contribution < 1.29 is 14.2 Å². The number of benzene rings is 2. The van der Waals surface area contributed by atoms with Crippen molar-refractivity contribution in [1.82, 2.24) is 20.2 Å². The van der Waals surface area contributed by atoms with Gasteiger partial charge >= 0.3 is 0 Å². The minimum atomic E-state index is 0.240. The van der Waals surface area contributed by atoms with Crippen LogP contribution in [0, 0.1) is 0 Å². The Morgan fingerprint density at radius 3 is 2.73 bits per heavy atom. The molecule has 2 aromatic carbocycles. The van der Waals surface area contributed by atoms with Gasteiger partial charge in [-0.3, -0.25) is 0 Å². The van der Waals surface area contributed by atoms with E-state index in [2.05, 4.69) is 37.9 Å². The summed E-state index contributed by atoms with van der Waals surface area (Å²) in [7, 11) is 0. The maximum absolute atomic E-state index is 5.47. The molecule has 3 aromatic rings. The van der Waals surface area contributed by atoms with Gasteiger partial charge in [-0.15, -0.1) is 10.2 Å². The second-order valence-electron chi connectivity index (χ2n) is 5.56. The smallest absolute Gasteiger partial charge is 0.231 e. The molecule has 26 heavy (non-hydrogen) atoms. The average Bonchev–Trinajstić information content (AvgIpc) is 3.30. The first-order valence-corrected chi connectivity index (χ1v) is 8.72. The molecule has 0 bridgehead atoms. The molecule has 132 valence electrons. The Kier molecular flexibility index (Phi) is 4.57. The largest absolute Gasteiger partial charge is 0.490 e. The second kappa shape index (κ2) is 7.17. The van der Waals surface area contributed by atoms with Gasteiger partial charge in [0.25, 0.3) is 0 Å². The minimum Gasteiger partial charge on any atom is -0.490 e. The van der Waals surface area contributed by atoms with Crippen LogP contribution in [0.4, 0.5) is 0 Å². The number of nitrogens with zero attached hydrogens (tertiary/aromatic N) is 4. The number of tetrazole rings is 1. The van der Waals surface area contributed by atoms with Crippen LogP contribution in [0.5, 0.6) is 17.2 Å². The third kappa shape index (κ3) is 3.41.